The van der Waals surface area contributed by atoms with Gasteiger partial charge in [0.15, 0.2) is 18.1 Å². The number of rotatable bonds is 3. The lowest BCUT2D eigenvalue weighted by molar-refractivity contribution is -0.208. The van der Waals surface area contributed by atoms with E-state index < -0.39 is 24.6 Å². The van der Waals surface area contributed by atoms with Crippen LogP contribution in [0.2, 0.25) is 0 Å². The average molecular weight is 272 g/mol. The molecule has 1 aliphatic heterocycles. The van der Waals surface area contributed by atoms with E-state index in [0.717, 1.165) is 0 Å². The van der Waals surface area contributed by atoms with E-state index >= 15 is 0 Å². The van der Waals surface area contributed by atoms with E-state index in [0.29, 0.717) is 5.56 Å². The van der Waals surface area contributed by atoms with Gasteiger partial charge >= 0.3 is 12.1 Å². The lowest BCUT2D eigenvalue weighted by atomic mass is 9.88. The van der Waals surface area contributed by atoms with E-state index in [9.17, 15) is 18.7 Å². The zero-order valence-corrected chi connectivity index (χ0v) is 10.5. The standard InChI is InChI=1S/C13H14F2O4/c1-7(2)11(12(16)17)8-3-4-9-10(5-8)19-13(14,15)6-18-9/h3-5,7,11H,6H2,1-2H3,(H,16,17). The van der Waals surface area contributed by atoms with E-state index in [-0.39, 0.29) is 17.4 Å². The molecular weight excluding hydrogens is 258 g/mol. The molecule has 1 N–H and O–H groups in total. The Hall–Kier alpha value is -1.85. The number of halogens is 2. The highest BCUT2D eigenvalue weighted by Gasteiger charge is 2.38. The molecule has 0 aliphatic carbocycles. The van der Waals surface area contributed by atoms with Crippen LogP contribution in [0.5, 0.6) is 11.5 Å². The molecular formula is C13H14F2O4. The first-order valence-corrected chi connectivity index (χ1v) is 5.86. The summed E-state index contributed by atoms with van der Waals surface area (Å²) in [4.78, 5) is 11.2. The number of alkyl halides is 2. The molecule has 1 heterocycles. The largest absolute Gasteiger partial charge is 0.481 e. The van der Waals surface area contributed by atoms with Gasteiger partial charge in [0.25, 0.3) is 0 Å². The molecule has 0 bridgehead atoms. The maximum atomic E-state index is 13.1. The van der Waals surface area contributed by atoms with Gasteiger partial charge in [0.2, 0.25) is 0 Å². The predicted molar refractivity (Wildman–Crippen MR) is 62.7 cm³/mol. The number of carbonyl (C=O) groups is 1. The Bertz CT molecular complexity index is 499. The summed E-state index contributed by atoms with van der Waals surface area (Å²) in [7, 11) is 0. The summed E-state index contributed by atoms with van der Waals surface area (Å²) in [6, 6.07) is 4.32. The van der Waals surface area contributed by atoms with Gasteiger partial charge in [-0.1, -0.05) is 19.9 Å². The lowest BCUT2D eigenvalue weighted by Gasteiger charge is -2.27. The average Bonchev–Trinajstić information content (AvgIpc) is 2.26. The smallest absolute Gasteiger partial charge is 0.433 e. The number of carboxylic acids is 1. The van der Waals surface area contributed by atoms with Crippen LogP contribution in [0, 0.1) is 5.92 Å². The molecule has 1 aromatic carbocycles. The summed E-state index contributed by atoms with van der Waals surface area (Å²) in [5.74, 6) is -1.87. The third kappa shape index (κ3) is 2.77. The highest BCUT2D eigenvalue weighted by Crippen LogP contribution is 2.39. The SMILES string of the molecule is CC(C)C(C(=O)O)c1ccc2c(c1)OC(F)(F)CO2. The molecule has 6 heteroatoms. The van der Waals surface area contributed by atoms with Gasteiger partial charge in [-0.3, -0.25) is 4.79 Å². The Morgan fingerprint density at radius 2 is 2.05 bits per heavy atom. The second-order valence-electron chi connectivity index (χ2n) is 4.79. The number of ether oxygens (including phenoxy) is 2. The molecule has 0 aromatic heterocycles. The molecule has 0 saturated heterocycles. The van der Waals surface area contributed by atoms with Gasteiger partial charge in [0.05, 0.1) is 5.92 Å². The fourth-order valence-corrected chi connectivity index (χ4v) is 2.08. The van der Waals surface area contributed by atoms with E-state index in [1.165, 1.54) is 12.1 Å². The van der Waals surface area contributed by atoms with Crippen molar-refractivity contribution in [2.24, 2.45) is 5.92 Å². The maximum absolute atomic E-state index is 13.1. The van der Waals surface area contributed by atoms with Crippen LogP contribution >= 0.6 is 0 Å². The van der Waals surface area contributed by atoms with E-state index in [2.05, 4.69) is 4.74 Å². The number of fused-ring (bicyclic) bond motifs is 1. The fourth-order valence-electron chi connectivity index (χ4n) is 2.08. The van der Waals surface area contributed by atoms with E-state index in [1.54, 1.807) is 19.9 Å². The summed E-state index contributed by atoms with van der Waals surface area (Å²) in [5, 5.41) is 9.18. The van der Waals surface area contributed by atoms with Gasteiger partial charge in [-0.2, -0.15) is 8.78 Å². The van der Waals surface area contributed by atoms with Crippen LogP contribution in [-0.4, -0.2) is 23.8 Å². The van der Waals surface area contributed by atoms with Crippen molar-refractivity contribution >= 4 is 5.97 Å². The fraction of sp³-hybridized carbons (Fsp3) is 0.462. The van der Waals surface area contributed by atoms with Gasteiger partial charge in [0.1, 0.15) is 0 Å². The monoisotopic (exact) mass is 272 g/mol. The molecule has 0 amide bonds. The highest BCUT2D eigenvalue weighted by atomic mass is 19.3. The summed E-state index contributed by atoms with van der Waals surface area (Å²) in [5.41, 5.74) is 0.419. The van der Waals surface area contributed by atoms with Crippen molar-refractivity contribution in [2.75, 3.05) is 6.61 Å². The quantitative estimate of drug-likeness (QED) is 0.919. The molecule has 0 saturated carbocycles. The Morgan fingerprint density at radius 3 is 2.63 bits per heavy atom. The van der Waals surface area contributed by atoms with Crippen molar-refractivity contribution in [3.8, 4) is 11.5 Å². The Labute approximate surface area is 108 Å². The van der Waals surface area contributed by atoms with Crippen molar-refractivity contribution < 1.29 is 28.2 Å². The maximum Gasteiger partial charge on any atom is 0.433 e. The van der Waals surface area contributed by atoms with Crippen molar-refractivity contribution in [3.05, 3.63) is 23.8 Å². The van der Waals surface area contributed by atoms with Gasteiger partial charge in [0, 0.05) is 0 Å². The van der Waals surface area contributed by atoms with Crippen LogP contribution in [-0.2, 0) is 4.79 Å². The number of carboxylic acid groups (broad SMARTS) is 1. The first-order chi connectivity index (χ1) is 8.80. The number of aliphatic carboxylic acids is 1. The minimum Gasteiger partial charge on any atom is -0.481 e. The molecule has 19 heavy (non-hydrogen) atoms. The Morgan fingerprint density at radius 1 is 1.37 bits per heavy atom. The number of hydrogen-bond donors (Lipinski definition) is 1. The number of hydrogen-bond acceptors (Lipinski definition) is 3. The molecule has 0 radical (unpaired) electrons. The van der Waals surface area contributed by atoms with Crippen LogP contribution in [0.3, 0.4) is 0 Å². The second kappa shape index (κ2) is 4.68. The summed E-state index contributed by atoms with van der Waals surface area (Å²) >= 11 is 0. The zero-order valence-electron chi connectivity index (χ0n) is 10.5. The van der Waals surface area contributed by atoms with Gasteiger partial charge < -0.3 is 14.6 Å². The van der Waals surface area contributed by atoms with E-state index in [4.69, 9.17) is 4.74 Å². The van der Waals surface area contributed by atoms with Crippen LogP contribution in [0.15, 0.2) is 18.2 Å². The van der Waals surface area contributed by atoms with Crippen molar-refractivity contribution in [1.29, 1.82) is 0 Å². The minimum atomic E-state index is -3.39. The van der Waals surface area contributed by atoms with Crippen LogP contribution in [0.25, 0.3) is 0 Å². The molecule has 4 nitrogen and oxygen atoms in total. The van der Waals surface area contributed by atoms with E-state index in [1.807, 2.05) is 0 Å². The van der Waals surface area contributed by atoms with Gasteiger partial charge in [-0.05, 0) is 23.6 Å². The number of benzene rings is 1. The second-order valence-corrected chi connectivity index (χ2v) is 4.79. The third-order valence-corrected chi connectivity index (χ3v) is 2.91. The van der Waals surface area contributed by atoms with Gasteiger partial charge in [-0.15, -0.1) is 0 Å². The molecule has 0 fully saturated rings. The van der Waals surface area contributed by atoms with Crippen LogP contribution < -0.4 is 9.47 Å². The molecule has 1 atom stereocenters. The summed E-state index contributed by atoms with van der Waals surface area (Å²) in [6.45, 7) is 2.67. The molecule has 1 unspecified atom stereocenters. The summed E-state index contributed by atoms with van der Waals surface area (Å²) in [6.07, 6.45) is -3.39. The van der Waals surface area contributed by atoms with Crippen molar-refractivity contribution in [2.45, 2.75) is 25.9 Å². The summed E-state index contributed by atoms with van der Waals surface area (Å²) < 4.78 is 35.5. The van der Waals surface area contributed by atoms with Crippen LogP contribution in [0.4, 0.5) is 8.78 Å². The Kier molecular flexibility index (Phi) is 3.34. The normalized spacial score (nSPS) is 18.2. The van der Waals surface area contributed by atoms with Crippen molar-refractivity contribution in [1.82, 2.24) is 0 Å². The molecule has 1 aromatic rings. The third-order valence-electron chi connectivity index (χ3n) is 2.91. The first-order valence-electron chi connectivity index (χ1n) is 5.86. The Balaban J connectivity index is 2.37. The lowest BCUT2D eigenvalue weighted by Crippen LogP contribution is -2.36. The van der Waals surface area contributed by atoms with Crippen LogP contribution in [0.1, 0.15) is 25.3 Å². The zero-order chi connectivity index (χ0) is 14.2. The molecule has 1 aliphatic rings. The highest BCUT2D eigenvalue weighted by molar-refractivity contribution is 5.76. The molecule has 2 rings (SSSR count). The van der Waals surface area contributed by atoms with Crippen molar-refractivity contribution in [3.63, 3.8) is 0 Å². The first kappa shape index (κ1) is 13.6. The predicted octanol–water partition coefficient (Wildman–Crippen LogP) is 2.87. The molecule has 104 valence electrons. The van der Waals surface area contributed by atoms with Gasteiger partial charge in [-0.25, -0.2) is 0 Å². The molecule has 0 spiro atoms. The topological polar surface area (TPSA) is 55.8 Å². The minimum absolute atomic E-state index is 0.124.